The highest BCUT2D eigenvalue weighted by molar-refractivity contribution is 5.11. The van der Waals surface area contributed by atoms with E-state index in [1.807, 2.05) is 0 Å². The molecule has 0 saturated heterocycles. The highest BCUT2D eigenvalue weighted by atomic mass is 19.3. The maximum atomic E-state index is 12.7. The van der Waals surface area contributed by atoms with Crippen LogP contribution in [0.4, 0.5) is 8.78 Å². The van der Waals surface area contributed by atoms with Crippen LogP contribution < -0.4 is 0 Å². The molecule has 1 aliphatic carbocycles. The van der Waals surface area contributed by atoms with E-state index >= 15 is 0 Å². The van der Waals surface area contributed by atoms with Gasteiger partial charge in [-0.1, -0.05) is 18.1 Å². The molecule has 0 amide bonds. The van der Waals surface area contributed by atoms with Gasteiger partial charge in [0, 0.05) is 0 Å². The first-order valence-electron chi connectivity index (χ1n) is 5.07. The molecule has 0 aliphatic heterocycles. The molecule has 2 rings (SSSR count). The van der Waals surface area contributed by atoms with Crippen LogP contribution in [0.2, 0.25) is 0 Å². The topological polar surface area (TPSA) is 50.9 Å². The van der Waals surface area contributed by atoms with Gasteiger partial charge in [-0.15, -0.1) is 5.10 Å². The predicted octanol–water partition coefficient (Wildman–Crippen LogP) is 1.82. The minimum absolute atomic E-state index is 0.00287. The summed E-state index contributed by atoms with van der Waals surface area (Å²) in [6.07, 6.45) is 1.20. The molecule has 84 valence electrons. The number of aromatic nitrogens is 3. The van der Waals surface area contributed by atoms with Crippen molar-refractivity contribution in [1.82, 2.24) is 15.0 Å². The van der Waals surface area contributed by atoms with E-state index in [1.54, 1.807) is 0 Å². The summed E-state index contributed by atoms with van der Waals surface area (Å²) in [5.74, 6) is 0. The monoisotopic (exact) mass is 217 g/mol. The average Bonchev–Trinajstić information content (AvgIpc) is 2.85. The van der Waals surface area contributed by atoms with Gasteiger partial charge in [-0.25, -0.2) is 13.5 Å². The van der Waals surface area contributed by atoms with Crippen LogP contribution in [0.15, 0.2) is 0 Å². The number of aliphatic hydroxyl groups is 1. The number of hydrogen-bond acceptors (Lipinski definition) is 3. The minimum Gasteiger partial charge on any atom is -0.390 e. The molecular formula is C9H13F2N3O. The first-order valence-corrected chi connectivity index (χ1v) is 5.07. The Morgan fingerprint density at radius 2 is 2.07 bits per heavy atom. The molecule has 15 heavy (non-hydrogen) atoms. The van der Waals surface area contributed by atoms with Gasteiger partial charge in [0.1, 0.15) is 11.4 Å². The highest BCUT2D eigenvalue weighted by Gasteiger charge is 2.27. The van der Waals surface area contributed by atoms with Crippen LogP contribution in [0.5, 0.6) is 0 Å². The second-order valence-electron chi connectivity index (χ2n) is 3.76. The molecule has 4 nitrogen and oxygen atoms in total. The first-order chi connectivity index (χ1) is 7.24. The summed E-state index contributed by atoms with van der Waals surface area (Å²) in [4.78, 5) is 0. The van der Waals surface area contributed by atoms with Gasteiger partial charge >= 0.3 is 0 Å². The molecule has 1 fully saturated rings. The zero-order chi connectivity index (χ0) is 10.8. The Kier molecular flexibility index (Phi) is 2.95. The molecule has 0 radical (unpaired) electrons. The lowest BCUT2D eigenvalue weighted by molar-refractivity contribution is 0.131. The van der Waals surface area contributed by atoms with E-state index in [0.29, 0.717) is 0 Å². The molecule has 1 aromatic heterocycles. The van der Waals surface area contributed by atoms with Gasteiger partial charge in [0.25, 0.3) is 6.43 Å². The molecule has 1 aromatic rings. The van der Waals surface area contributed by atoms with Crippen LogP contribution in [0.1, 0.15) is 49.5 Å². The largest absolute Gasteiger partial charge is 0.390 e. The van der Waals surface area contributed by atoms with Crippen molar-refractivity contribution in [2.45, 2.75) is 44.8 Å². The zero-order valence-corrected chi connectivity index (χ0v) is 8.24. The lowest BCUT2D eigenvalue weighted by Crippen LogP contribution is -2.11. The Balaban J connectivity index is 2.33. The summed E-state index contributed by atoms with van der Waals surface area (Å²) in [6, 6.07) is 0.0294. The van der Waals surface area contributed by atoms with Crippen molar-refractivity contribution < 1.29 is 13.9 Å². The minimum atomic E-state index is -2.62. The van der Waals surface area contributed by atoms with Crippen molar-refractivity contribution in [2.24, 2.45) is 0 Å². The molecule has 1 heterocycles. The maximum Gasteiger partial charge on any atom is 0.282 e. The van der Waals surface area contributed by atoms with Gasteiger partial charge in [-0.3, -0.25) is 0 Å². The zero-order valence-electron chi connectivity index (χ0n) is 8.24. The molecular weight excluding hydrogens is 204 g/mol. The summed E-state index contributed by atoms with van der Waals surface area (Å²) in [5.41, 5.74) is -0.221. The fraction of sp³-hybridized carbons (Fsp3) is 0.778. The molecule has 0 aromatic carbocycles. The summed E-state index contributed by atoms with van der Waals surface area (Å²) in [5, 5.41) is 16.2. The Morgan fingerprint density at radius 1 is 1.40 bits per heavy atom. The quantitative estimate of drug-likeness (QED) is 0.840. The number of aliphatic hydroxyl groups excluding tert-OH is 1. The van der Waals surface area contributed by atoms with Crippen LogP contribution in [0.25, 0.3) is 0 Å². The van der Waals surface area contributed by atoms with Crippen LogP contribution in [-0.4, -0.2) is 20.1 Å². The lowest BCUT2D eigenvalue weighted by Gasteiger charge is -2.12. The smallest absolute Gasteiger partial charge is 0.282 e. The normalized spacial score (nSPS) is 17.9. The van der Waals surface area contributed by atoms with Crippen molar-refractivity contribution in [2.75, 3.05) is 0 Å². The van der Waals surface area contributed by atoms with Crippen LogP contribution >= 0.6 is 0 Å². The number of rotatable bonds is 3. The third-order valence-electron chi connectivity index (χ3n) is 2.83. The van der Waals surface area contributed by atoms with E-state index in [4.69, 9.17) is 5.11 Å². The summed E-state index contributed by atoms with van der Waals surface area (Å²) < 4.78 is 26.8. The molecule has 0 unspecified atom stereocenters. The van der Waals surface area contributed by atoms with E-state index in [1.165, 1.54) is 4.68 Å². The average molecular weight is 217 g/mol. The SMILES string of the molecule is OCc1nnn(C2CCCC2)c1C(F)F. The summed E-state index contributed by atoms with van der Waals surface area (Å²) in [6.45, 7) is -0.480. The fourth-order valence-electron chi connectivity index (χ4n) is 2.09. The van der Waals surface area contributed by atoms with E-state index in [-0.39, 0.29) is 17.4 Å². The summed E-state index contributed by atoms with van der Waals surface area (Å²) in [7, 11) is 0. The number of hydrogen-bond donors (Lipinski definition) is 1. The van der Waals surface area contributed by atoms with E-state index in [0.717, 1.165) is 25.7 Å². The van der Waals surface area contributed by atoms with Crippen molar-refractivity contribution in [3.63, 3.8) is 0 Å². The Bertz CT molecular complexity index is 334. The van der Waals surface area contributed by atoms with Gasteiger partial charge in [0.15, 0.2) is 0 Å². The van der Waals surface area contributed by atoms with E-state index < -0.39 is 13.0 Å². The molecule has 0 spiro atoms. The molecule has 0 bridgehead atoms. The van der Waals surface area contributed by atoms with Gasteiger partial charge in [0.05, 0.1) is 12.6 Å². The molecule has 1 N–H and O–H groups in total. The van der Waals surface area contributed by atoms with Crippen LogP contribution in [0.3, 0.4) is 0 Å². The van der Waals surface area contributed by atoms with Gasteiger partial charge < -0.3 is 5.11 Å². The van der Waals surface area contributed by atoms with Gasteiger partial charge in [-0.2, -0.15) is 0 Å². The van der Waals surface area contributed by atoms with Crippen LogP contribution in [0, 0.1) is 0 Å². The van der Waals surface area contributed by atoms with Crippen LogP contribution in [-0.2, 0) is 6.61 Å². The Morgan fingerprint density at radius 3 is 2.60 bits per heavy atom. The summed E-state index contributed by atoms with van der Waals surface area (Å²) >= 11 is 0. The lowest BCUT2D eigenvalue weighted by atomic mass is 10.2. The van der Waals surface area contributed by atoms with E-state index in [9.17, 15) is 8.78 Å². The van der Waals surface area contributed by atoms with Gasteiger partial charge in [0.2, 0.25) is 0 Å². The number of halogens is 2. The molecule has 1 saturated carbocycles. The maximum absolute atomic E-state index is 12.7. The second-order valence-corrected chi connectivity index (χ2v) is 3.76. The fourth-order valence-corrected chi connectivity index (χ4v) is 2.09. The second kappa shape index (κ2) is 4.22. The van der Waals surface area contributed by atoms with Crippen molar-refractivity contribution in [3.05, 3.63) is 11.4 Å². The molecule has 0 atom stereocenters. The third kappa shape index (κ3) is 1.86. The third-order valence-corrected chi connectivity index (χ3v) is 2.83. The number of alkyl halides is 2. The van der Waals surface area contributed by atoms with Crippen molar-refractivity contribution in [1.29, 1.82) is 0 Å². The Labute approximate surface area is 85.9 Å². The molecule has 1 aliphatic rings. The standard InChI is InChI=1S/C9H13F2N3O/c10-9(11)8-7(5-15)12-13-14(8)6-3-1-2-4-6/h6,9,15H,1-5H2. The van der Waals surface area contributed by atoms with E-state index in [2.05, 4.69) is 10.3 Å². The first kappa shape index (κ1) is 10.5. The van der Waals surface area contributed by atoms with Gasteiger partial charge in [-0.05, 0) is 12.8 Å². The number of nitrogens with zero attached hydrogens (tertiary/aromatic N) is 3. The molecule has 6 heteroatoms. The Hall–Kier alpha value is -1.04. The predicted molar refractivity (Wildman–Crippen MR) is 48.4 cm³/mol. The van der Waals surface area contributed by atoms with Crippen molar-refractivity contribution in [3.8, 4) is 0 Å². The van der Waals surface area contributed by atoms with Crippen molar-refractivity contribution >= 4 is 0 Å². The highest BCUT2D eigenvalue weighted by Crippen LogP contribution is 2.33.